The molecule has 2 unspecified atom stereocenters. The minimum absolute atomic E-state index is 0.166. The van der Waals surface area contributed by atoms with Gasteiger partial charge in [-0.25, -0.2) is 0 Å². The van der Waals surface area contributed by atoms with Crippen LogP contribution in [0, 0.1) is 0 Å². The average Bonchev–Trinajstić information content (AvgIpc) is 2.62. The number of rotatable bonds is 10. The molecular weight excluding hydrogens is 298 g/mol. The molecule has 2 atom stereocenters. The van der Waals surface area contributed by atoms with E-state index >= 15 is 0 Å². The quantitative estimate of drug-likeness (QED) is 0.657. The Hall–Kier alpha value is -1.84. The Morgan fingerprint density at radius 3 is 2.33 bits per heavy atom. The van der Waals surface area contributed by atoms with Crippen molar-refractivity contribution >= 4 is 0 Å². The first-order chi connectivity index (χ1) is 11.7. The van der Waals surface area contributed by atoms with E-state index in [1.807, 2.05) is 12.1 Å². The highest BCUT2D eigenvalue weighted by Crippen LogP contribution is 2.22. The molecule has 24 heavy (non-hydrogen) atoms. The lowest BCUT2D eigenvalue weighted by atomic mass is 10.1. The molecule has 0 fully saturated rings. The van der Waals surface area contributed by atoms with Crippen LogP contribution in [0.4, 0.5) is 0 Å². The van der Waals surface area contributed by atoms with Crippen molar-refractivity contribution in [3.05, 3.63) is 65.7 Å². The van der Waals surface area contributed by atoms with E-state index in [0.717, 1.165) is 25.1 Å². The van der Waals surface area contributed by atoms with Gasteiger partial charge in [0.05, 0.1) is 6.10 Å². The predicted molar refractivity (Wildman–Crippen MR) is 99.6 cm³/mol. The Bertz CT molecular complexity index is 564. The number of nitrogens with one attached hydrogen (secondary N) is 1. The molecule has 0 aliphatic heterocycles. The summed E-state index contributed by atoms with van der Waals surface area (Å²) < 4.78 is 11.3. The third kappa shape index (κ3) is 5.99. The van der Waals surface area contributed by atoms with Crippen LogP contribution in [0.25, 0.3) is 0 Å². The second kappa shape index (κ2) is 10.1. The van der Waals surface area contributed by atoms with Gasteiger partial charge in [-0.15, -0.1) is 0 Å². The Balaban J connectivity index is 1.68. The highest BCUT2D eigenvalue weighted by molar-refractivity contribution is 5.28. The zero-order chi connectivity index (χ0) is 17.2. The van der Waals surface area contributed by atoms with Gasteiger partial charge in [-0.3, -0.25) is 0 Å². The van der Waals surface area contributed by atoms with Gasteiger partial charge in [-0.05, 0) is 43.0 Å². The second-order valence-electron chi connectivity index (χ2n) is 6.09. The smallest absolute Gasteiger partial charge is 0.119 e. The monoisotopic (exact) mass is 327 g/mol. The topological polar surface area (TPSA) is 30.5 Å². The van der Waals surface area contributed by atoms with Crippen molar-refractivity contribution < 1.29 is 9.47 Å². The van der Waals surface area contributed by atoms with Gasteiger partial charge in [0.15, 0.2) is 0 Å². The van der Waals surface area contributed by atoms with Crippen molar-refractivity contribution in [2.24, 2.45) is 0 Å². The molecule has 0 heterocycles. The second-order valence-corrected chi connectivity index (χ2v) is 6.09. The summed E-state index contributed by atoms with van der Waals surface area (Å²) in [5.74, 6) is 0.905. The minimum Gasteiger partial charge on any atom is -0.492 e. The molecule has 0 aliphatic rings. The summed E-state index contributed by atoms with van der Waals surface area (Å²) in [6.45, 7) is 5.84. The summed E-state index contributed by atoms with van der Waals surface area (Å²) in [5, 5.41) is 3.50. The van der Waals surface area contributed by atoms with E-state index in [1.54, 1.807) is 7.11 Å². The molecule has 2 rings (SSSR count). The molecule has 130 valence electrons. The lowest BCUT2D eigenvalue weighted by Gasteiger charge is -2.15. The van der Waals surface area contributed by atoms with Crippen LogP contribution in [-0.4, -0.2) is 26.3 Å². The maximum absolute atomic E-state index is 5.81. The predicted octanol–water partition coefficient (Wildman–Crippen LogP) is 4.38. The molecule has 3 nitrogen and oxygen atoms in total. The summed E-state index contributed by atoms with van der Waals surface area (Å²) in [7, 11) is 1.75. The Morgan fingerprint density at radius 2 is 1.71 bits per heavy atom. The van der Waals surface area contributed by atoms with E-state index in [4.69, 9.17) is 9.47 Å². The van der Waals surface area contributed by atoms with Crippen molar-refractivity contribution in [1.29, 1.82) is 0 Å². The molecule has 0 spiro atoms. The first-order valence-electron chi connectivity index (χ1n) is 8.75. The number of ether oxygens (including phenoxy) is 2. The maximum Gasteiger partial charge on any atom is 0.119 e. The standard InChI is InChI=1S/C21H29NO2/c1-4-21(23-3)19-10-12-20(13-11-19)24-15-14-22-17(2)16-18-8-6-5-7-9-18/h5-13,17,21-22H,4,14-16H2,1-3H3. The van der Waals surface area contributed by atoms with Crippen LogP contribution in [0.5, 0.6) is 5.75 Å². The van der Waals surface area contributed by atoms with Gasteiger partial charge in [0.2, 0.25) is 0 Å². The molecule has 0 aromatic heterocycles. The molecule has 0 aliphatic carbocycles. The lowest BCUT2D eigenvalue weighted by Crippen LogP contribution is -2.31. The molecular formula is C21H29NO2. The fourth-order valence-electron chi connectivity index (χ4n) is 2.83. The van der Waals surface area contributed by atoms with Gasteiger partial charge in [0.25, 0.3) is 0 Å². The Kier molecular flexibility index (Phi) is 7.80. The largest absolute Gasteiger partial charge is 0.492 e. The van der Waals surface area contributed by atoms with E-state index in [0.29, 0.717) is 12.6 Å². The van der Waals surface area contributed by atoms with Crippen molar-refractivity contribution in [1.82, 2.24) is 5.32 Å². The lowest BCUT2D eigenvalue weighted by molar-refractivity contribution is 0.1000. The van der Waals surface area contributed by atoms with E-state index < -0.39 is 0 Å². The van der Waals surface area contributed by atoms with Crippen LogP contribution in [0.2, 0.25) is 0 Å². The van der Waals surface area contributed by atoms with Crippen LogP contribution >= 0.6 is 0 Å². The van der Waals surface area contributed by atoms with Gasteiger partial charge < -0.3 is 14.8 Å². The van der Waals surface area contributed by atoms with E-state index in [1.165, 1.54) is 11.1 Å². The number of hydrogen-bond acceptors (Lipinski definition) is 3. The van der Waals surface area contributed by atoms with Crippen LogP contribution < -0.4 is 10.1 Å². The zero-order valence-corrected chi connectivity index (χ0v) is 15.0. The molecule has 0 radical (unpaired) electrons. The van der Waals surface area contributed by atoms with Crippen LogP contribution in [0.15, 0.2) is 54.6 Å². The summed E-state index contributed by atoms with van der Waals surface area (Å²) >= 11 is 0. The first kappa shape index (κ1) is 18.5. The highest BCUT2D eigenvalue weighted by atomic mass is 16.5. The van der Waals surface area contributed by atoms with Crippen molar-refractivity contribution in [3.63, 3.8) is 0 Å². The molecule has 2 aromatic rings. The average molecular weight is 327 g/mol. The van der Waals surface area contributed by atoms with Crippen molar-refractivity contribution in [2.45, 2.75) is 38.8 Å². The van der Waals surface area contributed by atoms with Crippen LogP contribution in [-0.2, 0) is 11.2 Å². The van der Waals surface area contributed by atoms with Gasteiger partial charge >= 0.3 is 0 Å². The van der Waals surface area contributed by atoms with E-state index in [-0.39, 0.29) is 6.10 Å². The maximum atomic E-state index is 5.81. The summed E-state index contributed by atoms with van der Waals surface area (Å²) in [6.07, 6.45) is 2.17. The van der Waals surface area contributed by atoms with Gasteiger partial charge in [0.1, 0.15) is 12.4 Å². The molecule has 2 aromatic carbocycles. The molecule has 0 amide bonds. The Morgan fingerprint density at radius 1 is 1.00 bits per heavy atom. The fraction of sp³-hybridized carbons (Fsp3) is 0.429. The number of benzene rings is 2. The SMILES string of the molecule is CCC(OC)c1ccc(OCCNC(C)Cc2ccccc2)cc1. The van der Waals surface area contributed by atoms with E-state index in [9.17, 15) is 0 Å². The van der Waals surface area contributed by atoms with Gasteiger partial charge in [-0.2, -0.15) is 0 Å². The van der Waals surface area contributed by atoms with Gasteiger partial charge in [-0.1, -0.05) is 49.4 Å². The fourth-order valence-corrected chi connectivity index (χ4v) is 2.83. The first-order valence-corrected chi connectivity index (χ1v) is 8.75. The van der Waals surface area contributed by atoms with Crippen molar-refractivity contribution in [2.75, 3.05) is 20.3 Å². The van der Waals surface area contributed by atoms with Crippen molar-refractivity contribution in [3.8, 4) is 5.75 Å². The number of methoxy groups -OCH3 is 1. The Labute approximate surface area is 146 Å². The molecule has 0 saturated carbocycles. The zero-order valence-electron chi connectivity index (χ0n) is 15.0. The molecule has 3 heteroatoms. The van der Waals surface area contributed by atoms with Gasteiger partial charge in [0, 0.05) is 19.7 Å². The molecule has 0 bridgehead atoms. The normalized spacial score (nSPS) is 13.5. The highest BCUT2D eigenvalue weighted by Gasteiger charge is 2.07. The third-order valence-corrected chi connectivity index (χ3v) is 4.16. The van der Waals surface area contributed by atoms with Crippen LogP contribution in [0.1, 0.15) is 37.5 Å². The third-order valence-electron chi connectivity index (χ3n) is 4.16. The number of hydrogen-bond donors (Lipinski definition) is 1. The summed E-state index contributed by atoms with van der Waals surface area (Å²) in [4.78, 5) is 0. The molecule has 0 saturated heterocycles. The minimum atomic E-state index is 0.166. The molecule has 1 N–H and O–H groups in total. The van der Waals surface area contributed by atoms with E-state index in [2.05, 4.69) is 61.6 Å². The van der Waals surface area contributed by atoms with Crippen LogP contribution in [0.3, 0.4) is 0 Å². The summed E-state index contributed by atoms with van der Waals surface area (Å²) in [5.41, 5.74) is 2.56. The summed E-state index contributed by atoms with van der Waals surface area (Å²) in [6, 6.07) is 19.2.